The van der Waals surface area contributed by atoms with Crippen molar-refractivity contribution in [2.45, 2.75) is 33.4 Å². The van der Waals surface area contributed by atoms with E-state index in [1.165, 1.54) is 0 Å². The number of benzene rings is 1. The Kier molecular flexibility index (Phi) is 4.54. The van der Waals surface area contributed by atoms with Crippen molar-refractivity contribution < 1.29 is 9.53 Å². The van der Waals surface area contributed by atoms with Crippen molar-refractivity contribution >= 4 is 17.6 Å². The molecule has 2 N–H and O–H groups in total. The number of esters is 1. The molecule has 1 unspecified atom stereocenters. The van der Waals surface area contributed by atoms with Gasteiger partial charge < -0.3 is 10.5 Å². The Bertz CT molecular complexity index is 399. The second kappa shape index (κ2) is 5.52. The highest BCUT2D eigenvalue weighted by Gasteiger charge is 2.28. The van der Waals surface area contributed by atoms with Crippen LogP contribution in [0.4, 0.5) is 0 Å². The number of carbonyl (C=O) groups is 1. The molecule has 0 radical (unpaired) electrons. The van der Waals surface area contributed by atoms with Gasteiger partial charge >= 0.3 is 5.97 Å². The zero-order valence-corrected chi connectivity index (χ0v) is 11.1. The standard InChI is InChI=1S/C13H18ClNO2/c1-13(2,3)11(15)12(16)17-8-9-5-4-6-10(14)7-9/h4-7,11H,8,15H2,1-3H3. The lowest BCUT2D eigenvalue weighted by molar-refractivity contribution is -0.149. The molecule has 0 aliphatic heterocycles. The second-order valence-electron chi connectivity index (χ2n) is 5.08. The Morgan fingerprint density at radius 2 is 2.12 bits per heavy atom. The predicted octanol–water partition coefficient (Wildman–Crippen LogP) is 2.76. The molecule has 4 heteroatoms. The van der Waals surface area contributed by atoms with Gasteiger partial charge in [0, 0.05) is 5.02 Å². The van der Waals surface area contributed by atoms with Crippen LogP contribution < -0.4 is 5.73 Å². The van der Waals surface area contributed by atoms with Crippen LogP contribution in [-0.4, -0.2) is 12.0 Å². The molecular formula is C13H18ClNO2. The molecule has 1 atom stereocenters. The highest BCUT2D eigenvalue weighted by molar-refractivity contribution is 6.30. The lowest BCUT2D eigenvalue weighted by Gasteiger charge is -2.24. The summed E-state index contributed by atoms with van der Waals surface area (Å²) < 4.78 is 5.15. The summed E-state index contributed by atoms with van der Waals surface area (Å²) in [5, 5.41) is 0.624. The number of halogens is 1. The van der Waals surface area contributed by atoms with Crippen molar-refractivity contribution in [2.75, 3.05) is 0 Å². The molecule has 94 valence electrons. The lowest BCUT2D eigenvalue weighted by Crippen LogP contribution is -2.43. The van der Waals surface area contributed by atoms with Crippen LogP contribution in [0.3, 0.4) is 0 Å². The summed E-state index contributed by atoms with van der Waals surface area (Å²) in [4.78, 5) is 11.7. The van der Waals surface area contributed by atoms with Gasteiger partial charge in [-0.3, -0.25) is 4.79 Å². The molecule has 17 heavy (non-hydrogen) atoms. The molecule has 0 heterocycles. The summed E-state index contributed by atoms with van der Waals surface area (Å²) in [6.45, 7) is 5.90. The quantitative estimate of drug-likeness (QED) is 0.845. The van der Waals surface area contributed by atoms with E-state index in [2.05, 4.69) is 0 Å². The zero-order chi connectivity index (χ0) is 13.1. The lowest BCUT2D eigenvalue weighted by atomic mass is 9.87. The minimum absolute atomic E-state index is 0.198. The summed E-state index contributed by atoms with van der Waals surface area (Å²) in [6, 6.07) is 6.57. The van der Waals surface area contributed by atoms with Gasteiger partial charge in [0.25, 0.3) is 0 Å². The Morgan fingerprint density at radius 1 is 1.47 bits per heavy atom. The third kappa shape index (κ3) is 4.36. The van der Waals surface area contributed by atoms with Crippen molar-refractivity contribution in [2.24, 2.45) is 11.1 Å². The topological polar surface area (TPSA) is 52.3 Å². The predicted molar refractivity (Wildman–Crippen MR) is 68.7 cm³/mol. The molecule has 0 aliphatic rings. The van der Waals surface area contributed by atoms with Crippen LogP contribution in [0.1, 0.15) is 26.3 Å². The first-order chi connectivity index (χ1) is 7.80. The van der Waals surface area contributed by atoms with E-state index in [0.717, 1.165) is 5.56 Å². The molecule has 3 nitrogen and oxygen atoms in total. The minimum Gasteiger partial charge on any atom is -0.460 e. The smallest absolute Gasteiger partial charge is 0.323 e. The summed E-state index contributed by atoms with van der Waals surface area (Å²) >= 11 is 5.83. The summed E-state index contributed by atoms with van der Waals surface area (Å²) in [6.07, 6.45) is 0. The molecule has 1 aromatic rings. The Morgan fingerprint density at radius 3 is 2.65 bits per heavy atom. The van der Waals surface area contributed by atoms with E-state index in [9.17, 15) is 4.79 Å². The van der Waals surface area contributed by atoms with Crippen LogP contribution in [0.5, 0.6) is 0 Å². The van der Waals surface area contributed by atoms with Gasteiger partial charge in [0.15, 0.2) is 0 Å². The molecule has 0 fully saturated rings. The number of ether oxygens (including phenoxy) is 1. The number of hydrogen-bond acceptors (Lipinski definition) is 3. The fourth-order valence-electron chi connectivity index (χ4n) is 1.22. The molecule has 0 aromatic heterocycles. The molecule has 0 aliphatic carbocycles. The van der Waals surface area contributed by atoms with Crippen molar-refractivity contribution in [3.05, 3.63) is 34.9 Å². The van der Waals surface area contributed by atoms with Crippen LogP contribution in [-0.2, 0) is 16.1 Å². The van der Waals surface area contributed by atoms with Crippen LogP contribution in [0.25, 0.3) is 0 Å². The van der Waals surface area contributed by atoms with Gasteiger partial charge in [0.1, 0.15) is 12.6 Å². The third-order valence-corrected chi connectivity index (χ3v) is 2.69. The maximum atomic E-state index is 11.7. The van der Waals surface area contributed by atoms with Gasteiger partial charge in [-0.05, 0) is 23.1 Å². The first-order valence-corrected chi connectivity index (χ1v) is 5.85. The fraction of sp³-hybridized carbons (Fsp3) is 0.462. The van der Waals surface area contributed by atoms with Crippen molar-refractivity contribution in [3.8, 4) is 0 Å². The monoisotopic (exact) mass is 255 g/mol. The SMILES string of the molecule is CC(C)(C)C(N)C(=O)OCc1cccc(Cl)c1. The molecule has 1 rings (SSSR count). The average molecular weight is 256 g/mol. The van der Waals surface area contributed by atoms with Crippen molar-refractivity contribution in [1.82, 2.24) is 0 Å². The zero-order valence-electron chi connectivity index (χ0n) is 10.4. The second-order valence-corrected chi connectivity index (χ2v) is 5.52. The first kappa shape index (κ1) is 14.0. The molecule has 0 amide bonds. The van der Waals surface area contributed by atoms with E-state index < -0.39 is 12.0 Å². The van der Waals surface area contributed by atoms with E-state index in [1.54, 1.807) is 12.1 Å². The van der Waals surface area contributed by atoms with Crippen LogP contribution >= 0.6 is 11.6 Å². The van der Waals surface area contributed by atoms with E-state index in [1.807, 2.05) is 32.9 Å². The number of hydrogen-bond donors (Lipinski definition) is 1. The summed E-state index contributed by atoms with van der Waals surface area (Å²) in [7, 11) is 0. The third-order valence-electron chi connectivity index (χ3n) is 2.46. The molecule has 0 bridgehead atoms. The summed E-state index contributed by atoms with van der Waals surface area (Å²) in [5.74, 6) is -0.391. The number of nitrogens with two attached hydrogens (primary N) is 1. The maximum Gasteiger partial charge on any atom is 0.323 e. The van der Waals surface area contributed by atoms with Gasteiger partial charge in [0.2, 0.25) is 0 Å². The van der Waals surface area contributed by atoms with E-state index in [0.29, 0.717) is 5.02 Å². The van der Waals surface area contributed by atoms with E-state index in [4.69, 9.17) is 22.1 Å². The van der Waals surface area contributed by atoms with E-state index in [-0.39, 0.29) is 12.0 Å². The van der Waals surface area contributed by atoms with Gasteiger partial charge in [-0.1, -0.05) is 44.5 Å². The van der Waals surface area contributed by atoms with Crippen molar-refractivity contribution in [3.63, 3.8) is 0 Å². The number of rotatable bonds is 3. The normalized spacial score (nSPS) is 13.2. The van der Waals surface area contributed by atoms with Gasteiger partial charge in [0.05, 0.1) is 0 Å². The molecule has 0 saturated carbocycles. The largest absolute Gasteiger partial charge is 0.460 e. The van der Waals surface area contributed by atoms with Gasteiger partial charge in [-0.25, -0.2) is 0 Å². The average Bonchev–Trinajstić information content (AvgIpc) is 2.23. The first-order valence-electron chi connectivity index (χ1n) is 5.47. The number of carbonyl (C=O) groups excluding carboxylic acids is 1. The maximum absolute atomic E-state index is 11.7. The van der Waals surface area contributed by atoms with Crippen molar-refractivity contribution in [1.29, 1.82) is 0 Å². The van der Waals surface area contributed by atoms with Crippen LogP contribution in [0.15, 0.2) is 24.3 Å². The Labute approximate surface area is 107 Å². The molecule has 0 spiro atoms. The fourth-order valence-corrected chi connectivity index (χ4v) is 1.44. The van der Waals surface area contributed by atoms with Gasteiger partial charge in [-0.15, -0.1) is 0 Å². The summed E-state index contributed by atoms with van der Waals surface area (Å²) in [5.41, 5.74) is 6.34. The van der Waals surface area contributed by atoms with E-state index >= 15 is 0 Å². The molecule has 1 aromatic carbocycles. The Balaban J connectivity index is 2.54. The molecular weight excluding hydrogens is 238 g/mol. The van der Waals surface area contributed by atoms with Crippen LogP contribution in [0.2, 0.25) is 5.02 Å². The Hall–Kier alpha value is -1.06. The highest BCUT2D eigenvalue weighted by Crippen LogP contribution is 2.19. The van der Waals surface area contributed by atoms with Gasteiger partial charge in [-0.2, -0.15) is 0 Å². The minimum atomic E-state index is -0.623. The highest BCUT2D eigenvalue weighted by atomic mass is 35.5. The molecule has 0 saturated heterocycles. The van der Waals surface area contributed by atoms with Crippen LogP contribution in [0, 0.1) is 5.41 Å².